The molecule has 12 rings (SSSR count). The topological polar surface area (TPSA) is 6.48 Å². The number of hydrogen-bond donors (Lipinski definition) is 0. The van der Waals surface area contributed by atoms with Crippen LogP contribution in [0.5, 0.6) is 0 Å². The normalized spacial score (nSPS) is 19.4. The van der Waals surface area contributed by atoms with Crippen molar-refractivity contribution in [2.24, 2.45) is 0 Å². The minimum absolute atomic E-state index is 0.00730. The van der Waals surface area contributed by atoms with E-state index in [4.69, 9.17) is 0 Å². The summed E-state index contributed by atoms with van der Waals surface area (Å²) < 4.78 is 0. The lowest BCUT2D eigenvalue weighted by Crippen LogP contribution is -2.62. The molecule has 0 amide bonds. The molecule has 2 heterocycles. The van der Waals surface area contributed by atoms with Crippen LogP contribution in [0.15, 0.2) is 121 Å². The van der Waals surface area contributed by atoms with Crippen LogP contribution in [0.2, 0.25) is 0 Å². The first kappa shape index (κ1) is 51.0. The van der Waals surface area contributed by atoms with Gasteiger partial charge in [-0.05, 0) is 183 Å². The molecule has 0 fully saturated rings. The molecular formula is C73H85BN2. The number of nitrogens with zero attached hydrogens (tertiary/aromatic N) is 2. The van der Waals surface area contributed by atoms with Gasteiger partial charge in [-0.2, -0.15) is 0 Å². The minimum Gasteiger partial charge on any atom is -0.338 e. The van der Waals surface area contributed by atoms with Crippen molar-refractivity contribution in [2.45, 2.75) is 201 Å². The van der Waals surface area contributed by atoms with E-state index >= 15 is 0 Å². The summed E-state index contributed by atoms with van der Waals surface area (Å²) in [5, 5.41) is 0. The first-order valence-electron chi connectivity index (χ1n) is 28.9. The monoisotopic (exact) mass is 1000 g/mol. The van der Waals surface area contributed by atoms with Crippen LogP contribution in [-0.4, -0.2) is 6.71 Å². The average Bonchev–Trinajstić information content (AvgIpc) is 3.59. The summed E-state index contributed by atoms with van der Waals surface area (Å²) in [6.07, 6.45) is 3.48. The summed E-state index contributed by atoms with van der Waals surface area (Å²) >= 11 is 0. The standard InChI is InChI=1S/C73H85BN2/c1-44-33-52-54(69(10,11)32-31-68(52,8)9)39-60(44)76-62-41-57-56(72(16,17)50-27-23-24-28-51(50)73(57,18)19)38-59(62)74-58-37-53-55(71(14,15)43-70(53,12)13)40-61(58)75(63-35-48(67(5,6)7)36-64(76)65(63)74)42-46-29-30-47(66(2,3)4)34-49(46)45-25-21-20-22-26-45/h20-30,33-41H,31-32,42-43H2,1-19H3. The Balaban J connectivity index is 1.23. The van der Waals surface area contributed by atoms with Crippen LogP contribution in [0.3, 0.4) is 0 Å². The lowest BCUT2D eigenvalue weighted by Gasteiger charge is -2.49. The lowest BCUT2D eigenvalue weighted by molar-refractivity contribution is 0.332. The highest BCUT2D eigenvalue weighted by atomic mass is 15.2. The van der Waals surface area contributed by atoms with Gasteiger partial charge in [0.25, 0.3) is 6.71 Å². The Morgan fingerprint density at radius 2 is 0.921 bits per heavy atom. The molecule has 0 aromatic heterocycles. The second-order valence-electron chi connectivity index (χ2n) is 30.1. The van der Waals surface area contributed by atoms with Crippen LogP contribution >= 0.6 is 0 Å². The Bertz CT molecular complexity index is 3580. The zero-order valence-electron chi connectivity index (χ0n) is 49.8. The van der Waals surface area contributed by atoms with Gasteiger partial charge in [-0.3, -0.25) is 0 Å². The molecule has 5 aliphatic rings. The molecule has 76 heavy (non-hydrogen) atoms. The first-order valence-corrected chi connectivity index (χ1v) is 28.9. The molecule has 3 aliphatic carbocycles. The van der Waals surface area contributed by atoms with Crippen LogP contribution in [0.4, 0.5) is 28.4 Å². The molecule has 0 N–H and O–H groups in total. The number of hydrogen-bond acceptors (Lipinski definition) is 2. The van der Waals surface area contributed by atoms with E-state index in [1.165, 1.54) is 136 Å². The van der Waals surface area contributed by atoms with E-state index in [2.05, 4.69) is 263 Å². The number of aryl methyl sites for hydroxylation is 1. The van der Waals surface area contributed by atoms with E-state index in [9.17, 15) is 0 Å². The van der Waals surface area contributed by atoms with Crippen molar-refractivity contribution in [1.29, 1.82) is 0 Å². The fourth-order valence-electron chi connectivity index (χ4n) is 15.5. The largest absolute Gasteiger partial charge is 0.338 e. The highest BCUT2D eigenvalue weighted by Crippen LogP contribution is 2.56. The molecule has 0 atom stereocenters. The molecule has 7 aromatic carbocycles. The Hall–Kier alpha value is -5.80. The zero-order valence-corrected chi connectivity index (χ0v) is 49.8. The molecule has 3 heteroatoms. The van der Waals surface area contributed by atoms with Gasteiger partial charge in [0.05, 0.1) is 0 Å². The molecular weight excluding hydrogens is 916 g/mol. The molecule has 2 nitrogen and oxygen atoms in total. The predicted octanol–water partition coefficient (Wildman–Crippen LogP) is 17.5. The van der Waals surface area contributed by atoms with Gasteiger partial charge in [-0.15, -0.1) is 0 Å². The molecule has 0 radical (unpaired) electrons. The van der Waals surface area contributed by atoms with Crippen molar-refractivity contribution < 1.29 is 0 Å². The van der Waals surface area contributed by atoms with E-state index < -0.39 is 0 Å². The van der Waals surface area contributed by atoms with Crippen molar-refractivity contribution in [2.75, 3.05) is 9.80 Å². The third-order valence-electron chi connectivity index (χ3n) is 20.1. The third kappa shape index (κ3) is 7.46. The molecule has 0 bridgehead atoms. The summed E-state index contributed by atoms with van der Waals surface area (Å²) in [4.78, 5) is 5.57. The maximum absolute atomic E-state index is 2.79. The summed E-state index contributed by atoms with van der Waals surface area (Å²) in [6, 6.07) is 49.2. The number of fused-ring (bicyclic) bond motifs is 8. The van der Waals surface area contributed by atoms with Gasteiger partial charge >= 0.3 is 0 Å². The predicted molar refractivity (Wildman–Crippen MR) is 329 cm³/mol. The maximum atomic E-state index is 2.79. The van der Waals surface area contributed by atoms with Gasteiger partial charge in [0.1, 0.15) is 0 Å². The van der Waals surface area contributed by atoms with E-state index in [1.807, 2.05) is 0 Å². The van der Waals surface area contributed by atoms with Crippen LogP contribution in [0.1, 0.15) is 211 Å². The van der Waals surface area contributed by atoms with Gasteiger partial charge in [0, 0.05) is 45.8 Å². The number of anilines is 5. The smallest absolute Gasteiger partial charge is 0.252 e. The highest BCUT2D eigenvalue weighted by molar-refractivity contribution is 7.00. The quantitative estimate of drug-likeness (QED) is 0.162. The van der Waals surface area contributed by atoms with Crippen molar-refractivity contribution in [1.82, 2.24) is 0 Å². The Morgan fingerprint density at radius 1 is 0.434 bits per heavy atom. The van der Waals surface area contributed by atoms with E-state index in [0.29, 0.717) is 0 Å². The fraction of sp³-hybridized carbons (Fsp3) is 0.425. The molecule has 390 valence electrons. The summed E-state index contributed by atoms with van der Waals surface area (Å²) in [5.74, 6) is 0. The first-order chi connectivity index (χ1) is 35.3. The van der Waals surface area contributed by atoms with Crippen molar-refractivity contribution >= 4 is 51.5 Å². The molecule has 7 aromatic rings. The zero-order chi connectivity index (χ0) is 54.4. The van der Waals surface area contributed by atoms with Crippen LogP contribution in [-0.2, 0) is 49.9 Å². The van der Waals surface area contributed by atoms with Gasteiger partial charge in [0.2, 0.25) is 0 Å². The second kappa shape index (κ2) is 16.1. The average molecular weight is 1000 g/mol. The SMILES string of the molecule is Cc1cc2c(cc1N1c3cc4c(cc3B3c5cc6c(cc5N(Cc5ccc(C(C)(C)C)cc5-c5ccccc5)c5cc(C(C)(C)C)cc1c53)C(C)(C)CC6(C)C)C(C)(C)c1ccccc1C4(C)C)C(C)(C)CCC2(C)C. The van der Waals surface area contributed by atoms with Gasteiger partial charge < -0.3 is 9.80 Å². The Morgan fingerprint density at radius 3 is 1.53 bits per heavy atom. The lowest BCUT2D eigenvalue weighted by atomic mass is 9.32. The highest BCUT2D eigenvalue weighted by Gasteiger charge is 2.51. The summed E-state index contributed by atoms with van der Waals surface area (Å²) in [7, 11) is 0. The van der Waals surface area contributed by atoms with Crippen molar-refractivity contribution in [3.63, 3.8) is 0 Å². The summed E-state index contributed by atoms with van der Waals surface area (Å²) in [5.41, 5.74) is 30.4. The van der Waals surface area contributed by atoms with Gasteiger partial charge in [-0.25, -0.2) is 0 Å². The van der Waals surface area contributed by atoms with E-state index in [0.717, 1.165) is 13.0 Å². The molecule has 0 saturated heterocycles. The van der Waals surface area contributed by atoms with Crippen LogP contribution in [0, 0.1) is 6.92 Å². The third-order valence-corrected chi connectivity index (χ3v) is 20.1. The molecule has 0 unspecified atom stereocenters. The molecule has 0 saturated carbocycles. The second-order valence-corrected chi connectivity index (χ2v) is 30.1. The fourth-order valence-corrected chi connectivity index (χ4v) is 15.5. The minimum atomic E-state index is -0.214. The Labute approximate surface area is 458 Å². The van der Waals surface area contributed by atoms with Gasteiger partial charge in [0.15, 0.2) is 0 Å². The van der Waals surface area contributed by atoms with Gasteiger partial charge in [-0.1, -0.05) is 216 Å². The van der Waals surface area contributed by atoms with E-state index in [-0.39, 0.29) is 50.0 Å². The van der Waals surface area contributed by atoms with Crippen LogP contribution < -0.4 is 26.2 Å². The number of benzene rings is 7. The van der Waals surface area contributed by atoms with Crippen LogP contribution in [0.25, 0.3) is 11.1 Å². The number of rotatable bonds is 4. The maximum Gasteiger partial charge on any atom is 0.252 e. The Kier molecular flexibility index (Phi) is 10.8. The summed E-state index contributed by atoms with van der Waals surface area (Å²) in [6.45, 7) is 47.3. The van der Waals surface area contributed by atoms with E-state index in [1.54, 1.807) is 0 Å². The molecule has 2 aliphatic heterocycles. The molecule has 0 spiro atoms. The van der Waals surface area contributed by atoms with Crippen molar-refractivity contribution in [3.8, 4) is 11.1 Å². The van der Waals surface area contributed by atoms with Crippen molar-refractivity contribution in [3.05, 3.63) is 188 Å².